The quantitative estimate of drug-likeness (QED) is 0.754. The summed E-state index contributed by atoms with van der Waals surface area (Å²) in [5, 5.41) is 0. The normalized spacial score (nSPS) is 17.2. The fourth-order valence-electron chi connectivity index (χ4n) is 4.00. The molecule has 8 nitrogen and oxygen atoms in total. The fraction of sp³-hybridized carbons (Fsp3) is 0.455. The van der Waals surface area contributed by atoms with Crippen LogP contribution in [0, 0.1) is 0 Å². The highest BCUT2D eigenvalue weighted by atomic mass is 16.6. The van der Waals surface area contributed by atoms with Crippen LogP contribution in [0.4, 0.5) is 11.5 Å². The summed E-state index contributed by atoms with van der Waals surface area (Å²) in [5.74, 6) is 7.35. The molecule has 2 aliphatic rings. The van der Waals surface area contributed by atoms with Crippen LogP contribution in [-0.2, 0) is 4.74 Å². The van der Waals surface area contributed by atoms with Gasteiger partial charge in [-0.3, -0.25) is 4.79 Å². The number of nitrogens with zero attached hydrogens (tertiary/aromatic N) is 3. The number of piperidine rings is 1. The molecule has 0 saturated carbocycles. The number of anilines is 2. The zero-order valence-corrected chi connectivity index (χ0v) is 17.5. The number of methoxy groups -OCH3 is 1. The number of carbonyl (C=O) groups excluding carboxylic acids is 1. The van der Waals surface area contributed by atoms with E-state index < -0.39 is 0 Å². The van der Waals surface area contributed by atoms with Gasteiger partial charge in [0.25, 0.3) is 5.91 Å². The van der Waals surface area contributed by atoms with Gasteiger partial charge in [0.05, 0.1) is 18.2 Å². The minimum atomic E-state index is -0.143. The molecule has 1 amide bonds. The number of ether oxygens (including phenoxy) is 2. The molecule has 1 fully saturated rings. The van der Waals surface area contributed by atoms with Crippen molar-refractivity contribution >= 4 is 17.4 Å². The van der Waals surface area contributed by atoms with Crippen molar-refractivity contribution < 1.29 is 19.1 Å². The number of carbonyl (C=O) groups is 1. The van der Waals surface area contributed by atoms with Crippen LogP contribution >= 0.6 is 0 Å². The lowest BCUT2D eigenvalue weighted by Gasteiger charge is -2.31. The Balaban J connectivity index is 1.62. The molecule has 0 spiro atoms. The number of hydrogen-bond donors (Lipinski definition) is 1. The van der Waals surface area contributed by atoms with Gasteiger partial charge in [-0.1, -0.05) is 6.07 Å². The zero-order valence-electron chi connectivity index (χ0n) is 17.5. The van der Waals surface area contributed by atoms with Crippen LogP contribution in [0.15, 0.2) is 30.5 Å². The van der Waals surface area contributed by atoms with Crippen LogP contribution in [0.2, 0.25) is 0 Å². The molecule has 30 heavy (non-hydrogen) atoms. The maximum absolute atomic E-state index is 12.8. The second-order valence-corrected chi connectivity index (χ2v) is 7.62. The molecular weight excluding hydrogens is 384 g/mol. The van der Waals surface area contributed by atoms with E-state index in [2.05, 4.69) is 4.98 Å². The van der Waals surface area contributed by atoms with Gasteiger partial charge < -0.3 is 24.1 Å². The molecule has 4 rings (SSSR count). The third kappa shape index (κ3) is 3.93. The number of benzene rings is 1. The topological polar surface area (TPSA) is 90.2 Å². The second kappa shape index (κ2) is 8.89. The summed E-state index contributed by atoms with van der Waals surface area (Å²) in [6.45, 7) is 4.66. The Kier molecular flexibility index (Phi) is 6.06. The van der Waals surface area contributed by atoms with Gasteiger partial charge in [0, 0.05) is 43.7 Å². The molecule has 2 N–H and O–H groups in total. The maximum atomic E-state index is 12.8. The first-order valence-electron chi connectivity index (χ1n) is 10.4. The Morgan fingerprint density at radius 2 is 2.00 bits per heavy atom. The van der Waals surface area contributed by atoms with Crippen molar-refractivity contribution in [2.24, 2.45) is 5.90 Å². The highest BCUT2D eigenvalue weighted by Crippen LogP contribution is 2.38. The first kappa shape index (κ1) is 20.4. The monoisotopic (exact) mass is 412 g/mol. The summed E-state index contributed by atoms with van der Waals surface area (Å²) >= 11 is 0. The molecule has 1 saturated heterocycles. The summed E-state index contributed by atoms with van der Waals surface area (Å²) in [6.07, 6.45) is 4.78. The van der Waals surface area contributed by atoms with Crippen molar-refractivity contribution in [2.45, 2.75) is 32.3 Å². The van der Waals surface area contributed by atoms with E-state index in [0.29, 0.717) is 36.0 Å². The van der Waals surface area contributed by atoms with Crippen LogP contribution in [0.25, 0.3) is 0 Å². The standard InChI is InChI=1S/C22H28N4O4/c1-15(28-2)18-7-6-17(13-19(18)30-23)26-10-11-29-20-12-16(14-24-21(20)26)22(27)25-8-4-3-5-9-25/h6-7,12-15H,3-5,8-11,23H2,1-2H3. The highest BCUT2D eigenvalue weighted by molar-refractivity contribution is 5.95. The molecule has 1 aromatic heterocycles. The van der Waals surface area contributed by atoms with Crippen LogP contribution < -0.4 is 20.4 Å². The van der Waals surface area contributed by atoms with Crippen molar-refractivity contribution in [3.8, 4) is 11.5 Å². The largest absolute Gasteiger partial charge is 0.488 e. The van der Waals surface area contributed by atoms with E-state index in [-0.39, 0.29) is 12.0 Å². The van der Waals surface area contributed by atoms with Crippen molar-refractivity contribution in [1.82, 2.24) is 9.88 Å². The molecule has 1 unspecified atom stereocenters. The molecule has 2 aromatic rings. The number of fused-ring (bicyclic) bond motifs is 1. The summed E-state index contributed by atoms with van der Waals surface area (Å²) < 4.78 is 11.2. The Morgan fingerprint density at radius 3 is 2.73 bits per heavy atom. The molecule has 1 atom stereocenters. The zero-order chi connectivity index (χ0) is 21.1. The Hall–Kier alpha value is -2.84. The van der Waals surface area contributed by atoms with Crippen LogP contribution in [0.1, 0.15) is 48.2 Å². The molecule has 3 heterocycles. The summed E-state index contributed by atoms with van der Waals surface area (Å²) in [7, 11) is 1.64. The molecule has 1 aromatic carbocycles. The van der Waals surface area contributed by atoms with Crippen LogP contribution in [0.3, 0.4) is 0 Å². The predicted octanol–water partition coefficient (Wildman–Crippen LogP) is 3.20. The molecule has 0 radical (unpaired) electrons. The molecule has 8 heteroatoms. The number of likely N-dealkylation sites (tertiary alicyclic amines) is 1. The van der Waals surface area contributed by atoms with Crippen LogP contribution in [0.5, 0.6) is 11.5 Å². The number of nitrogens with two attached hydrogens (primary N) is 1. The van der Waals surface area contributed by atoms with Gasteiger partial charge in [-0.2, -0.15) is 5.90 Å². The minimum Gasteiger partial charge on any atom is -0.488 e. The lowest BCUT2D eigenvalue weighted by Crippen LogP contribution is -2.36. The maximum Gasteiger partial charge on any atom is 0.255 e. The van der Waals surface area contributed by atoms with E-state index in [4.69, 9.17) is 20.2 Å². The van der Waals surface area contributed by atoms with Gasteiger partial charge in [0.2, 0.25) is 0 Å². The first-order valence-corrected chi connectivity index (χ1v) is 10.4. The Morgan fingerprint density at radius 1 is 1.20 bits per heavy atom. The minimum absolute atomic E-state index is 0.0162. The molecular formula is C22H28N4O4. The highest BCUT2D eigenvalue weighted by Gasteiger charge is 2.26. The van der Waals surface area contributed by atoms with Crippen molar-refractivity contribution in [3.63, 3.8) is 0 Å². The number of hydrogen-bond acceptors (Lipinski definition) is 7. The van der Waals surface area contributed by atoms with Crippen molar-refractivity contribution in [2.75, 3.05) is 38.3 Å². The average Bonchev–Trinajstić information content (AvgIpc) is 2.82. The van der Waals surface area contributed by atoms with E-state index >= 15 is 0 Å². The smallest absolute Gasteiger partial charge is 0.255 e. The van der Waals surface area contributed by atoms with Crippen molar-refractivity contribution in [3.05, 3.63) is 41.6 Å². The number of amides is 1. The third-order valence-electron chi connectivity index (χ3n) is 5.78. The van der Waals surface area contributed by atoms with Crippen LogP contribution in [-0.4, -0.2) is 49.1 Å². The Bertz CT molecular complexity index is 914. The van der Waals surface area contributed by atoms with E-state index in [1.807, 2.05) is 34.9 Å². The Labute approximate surface area is 176 Å². The molecule has 0 aliphatic carbocycles. The van der Waals surface area contributed by atoms with Crippen molar-refractivity contribution in [1.29, 1.82) is 0 Å². The average molecular weight is 412 g/mol. The number of pyridine rings is 1. The van der Waals surface area contributed by atoms with Gasteiger partial charge in [-0.15, -0.1) is 0 Å². The summed E-state index contributed by atoms with van der Waals surface area (Å²) in [4.78, 5) is 26.4. The van der Waals surface area contributed by atoms with Gasteiger partial charge in [0.1, 0.15) is 6.61 Å². The van der Waals surface area contributed by atoms with E-state index in [9.17, 15) is 4.79 Å². The molecule has 2 aliphatic heterocycles. The van der Waals surface area contributed by atoms with E-state index in [1.54, 1.807) is 19.4 Å². The van der Waals surface area contributed by atoms with Gasteiger partial charge >= 0.3 is 0 Å². The van der Waals surface area contributed by atoms with Gasteiger partial charge in [0.15, 0.2) is 17.3 Å². The second-order valence-electron chi connectivity index (χ2n) is 7.62. The van der Waals surface area contributed by atoms with E-state index in [1.165, 1.54) is 6.42 Å². The van der Waals surface area contributed by atoms with E-state index in [0.717, 1.165) is 37.2 Å². The third-order valence-corrected chi connectivity index (χ3v) is 5.78. The fourth-order valence-corrected chi connectivity index (χ4v) is 4.00. The number of rotatable bonds is 5. The van der Waals surface area contributed by atoms with Gasteiger partial charge in [-0.25, -0.2) is 4.98 Å². The van der Waals surface area contributed by atoms with Gasteiger partial charge in [-0.05, 0) is 38.3 Å². The molecule has 160 valence electrons. The number of aromatic nitrogens is 1. The lowest BCUT2D eigenvalue weighted by atomic mass is 10.1. The predicted molar refractivity (Wildman–Crippen MR) is 113 cm³/mol. The lowest BCUT2D eigenvalue weighted by molar-refractivity contribution is 0.0723. The SMILES string of the molecule is COC(C)c1ccc(N2CCOc3cc(C(=O)N4CCCCC4)cnc32)cc1ON. The first-order chi connectivity index (χ1) is 14.6. The molecule has 0 bridgehead atoms. The summed E-state index contributed by atoms with van der Waals surface area (Å²) in [6, 6.07) is 7.59. The summed E-state index contributed by atoms with van der Waals surface area (Å²) in [5.41, 5.74) is 2.31.